The van der Waals surface area contributed by atoms with Gasteiger partial charge in [-0.25, -0.2) is 0 Å². The van der Waals surface area contributed by atoms with E-state index in [1.807, 2.05) is 18.2 Å². The third kappa shape index (κ3) is 1.53. The fraction of sp³-hybridized carbons (Fsp3) is 0. The number of halogens is 1. The third-order valence-corrected chi connectivity index (χ3v) is 2.48. The molecule has 1 aromatic carbocycles. The number of rotatable bonds is 1. The van der Waals surface area contributed by atoms with Crippen LogP contribution < -0.4 is 5.11 Å². The van der Waals surface area contributed by atoms with E-state index in [0.717, 1.165) is 14.5 Å². The second-order valence-corrected chi connectivity index (χ2v) is 3.95. The topological polar surface area (TPSA) is 55.9 Å². The van der Waals surface area contributed by atoms with Crippen LogP contribution in [0.3, 0.4) is 0 Å². The lowest BCUT2D eigenvalue weighted by Gasteiger charge is -1.94. The van der Waals surface area contributed by atoms with Crippen LogP contribution in [0.5, 0.6) is 0 Å². The lowest BCUT2D eigenvalue weighted by atomic mass is 10.2. The molecule has 0 saturated heterocycles. The number of H-pyrrole nitrogens is 1. The van der Waals surface area contributed by atoms with E-state index in [2.05, 4.69) is 27.6 Å². The quantitative estimate of drug-likeness (QED) is 0.799. The van der Waals surface area contributed by atoms with Gasteiger partial charge in [0.2, 0.25) is 0 Å². The van der Waals surface area contributed by atoms with E-state index in [4.69, 9.17) is 0 Å². The Labute approximate surface area is 87.9 Å². The summed E-state index contributed by atoms with van der Waals surface area (Å²) in [7, 11) is 0. The number of fused-ring (bicyclic) bond motifs is 1. The van der Waals surface area contributed by atoms with Gasteiger partial charge in [-0.1, -0.05) is 6.07 Å². The first-order valence-corrected chi connectivity index (χ1v) is 4.74. The molecule has 0 atom stereocenters. The number of hydrogen-bond donors (Lipinski definition) is 1. The number of hydrogen-bond acceptors (Lipinski definition) is 2. The highest BCUT2D eigenvalue weighted by Crippen LogP contribution is 2.17. The predicted molar refractivity (Wildman–Crippen MR) is 55.3 cm³/mol. The highest BCUT2D eigenvalue weighted by Gasteiger charge is 2.00. The minimum atomic E-state index is -1.17. The number of carbonyl (C=O) groups excluding carboxylic acids is 1. The molecule has 1 N–H and O–H groups in total. The number of aromatic nitrogens is 1. The van der Waals surface area contributed by atoms with Crippen molar-refractivity contribution in [2.75, 3.05) is 0 Å². The molecule has 0 aliphatic rings. The van der Waals surface area contributed by atoms with Gasteiger partial charge in [-0.2, -0.15) is 0 Å². The fourth-order valence-corrected chi connectivity index (χ4v) is 1.70. The summed E-state index contributed by atoms with van der Waals surface area (Å²) in [6.07, 6.45) is 0. The van der Waals surface area contributed by atoms with Crippen molar-refractivity contribution in [3.05, 3.63) is 33.5 Å². The van der Waals surface area contributed by atoms with Crippen LogP contribution in [0.2, 0.25) is 0 Å². The van der Waals surface area contributed by atoms with Crippen LogP contribution >= 0.6 is 22.6 Å². The van der Waals surface area contributed by atoms with Crippen molar-refractivity contribution in [2.45, 2.75) is 0 Å². The molecule has 0 unspecified atom stereocenters. The fourth-order valence-electron chi connectivity index (χ4n) is 1.21. The molecule has 0 radical (unpaired) electrons. The number of aromatic amines is 1. The average Bonchev–Trinajstić information content (AvgIpc) is 2.46. The van der Waals surface area contributed by atoms with E-state index in [9.17, 15) is 9.90 Å². The van der Waals surface area contributed by atoms with Crippen LogP contribution in [-0.2, 0) is 0 Å². The van der Waals surface area contributed by atoms with Crippen LogP contribution in [0.1, 0.15) is 10.5 Å². The summed E-state index contributed by atoms with van der Waals surface area (Å²) in [5, 5.41) is 11.4. The average molecular weight is 286 g/mol. The maximum Gasteiger partial charge on any atom is 0.0878 e. The Bertz CT molecular complexity index is 475. The Balaban J connectivity index is 2.68. The Morgan fingerprint density at radius 1 is 1.38 bits per heavy atom. The largest absolute Gasteiger partial charge is 0.543 e. The summed E-state index contributed by atoms with van der Waals surface area (Å²) in [4.78, 5) is 13.3. The highest BCUT2D eigenvalue weighted by molar-refractivity contribution is 14.1. The van der Waals surface area contributed by atoms with Crippen molar-refractivity contribution in [3.63, 3.8) is 0 Å². The minimum absolute atomic E-state index is 0.122. The number of aromatic carboxylic acids is 1. The molecule has 1 heterocycles. The first-order valence-electron chi connectivity index (χ1n) is 3.66. The second-order valence-electron chi connectivity index (χ2n) is 2.70. The number of carboxylic acid groups (broad SMARTS) is 1. The summed E-state index contributed by atoms with van der Waals surface area (Å²) in [5.41, 5.74) is 0.947. The van der Waals surface area contributed by atoms with Crippen LogP contribution in [-0.4, -0.2) is 11.0 Å². The Hall–Kier alpha value is -1.04. The van der Waals surface area contributed by atoms with Gasteiger partial charge in [0.05, 0.1) is 11.7 Å². The van der Waals surface area contributed by atoms with Gasteiger partial charge in [-0.15, -0.1) is 0 Å². The zero-order chi connectivity index (χ0) is 9.42. The third-order valence-electron chi connectivity index (χ3n) is 1.80. The van der Waals surface area contributed by atoms with Crippen LogP contribution in [0.4, 0.5) is 0 Å². The minimum Gasteiger partial charge on any atom is -0.543 e. The normalized spacial score (nSPS) is 10.5. The van der Waals surface area contributed by atoms with Crippen molar-refractivity contribution in [1.29, 1.82) is 0 Å². The molecule has 1 aromatic heterocycles. The van der Waals surface area contributed by atoms with Crippen LogP contribution in [0.15, 0.2) is 24.3 Å². The van der Waals surface area contributed by atoms with E-state index < -0.39 is 5.97 Å². The Morgan fingerprint density at radius 2 is 2.15 bits per heavy atom. The Morgan fingerprint density at radius 3 is 2.85 bits per heavy atom. The predicted octanol–water partition coefficient (Wildman–Crippen LogP) is 1.14. The standard InChI is InChI=1S/C9H6INO2/c10-6-2-1-5-3-8(9(12)13)11-7(5)4-6/h1-4,11H,(H,12,13)/p-1. The summed E-state index contributed by atoms with van der Waals surface area (Å²) in [5.74, 6) is -1.17. The zero-order valence-electron chi connectivity index (χ0n) is 6.50. The molecular formula is C9H5INO2-. The van der Waals surface area contributed by atoms with Gasteiger partial charge < -0.3 is 14.9 Å². The molecule has 66 valence electrons. The molecule has 2 aromatic rings. The molecule has 0 fully saturated rings. The lowest BCUT2D eigenvalue weighted by molar-refractivity contribution is -0.255. The summed E-state index contributed by atoms with van der Waals surface area (Å²) in [6, 6.07) is 7.26. The SMILES string of the molecule is O=C([O-])c1cc2ccc(I)cc2[nH]1. The van der Waals surface area contributed by atoms with Crippen molar-refractivity contribution in [1.82, 2.24) is 4.98 Å². The van der Waals surface area contributed by atoms with Gasteiger partial charge in [0.1, 0.15) is 0 Å². The molecular weight excluding hydrogens is 281 g/mol. The smallest absolute Gasteiger partial charge is 0.0878 e. The monoisotopic (exact) mass is 286 g/mol. The van der Waals surface area contributed by atoms with Crippen LogP contribution in [0.25, 0.3) is 10.9 Å². The molecule has 0 aliphatic heterocycles. The number of benzene rings is 1. The van der Waals surface area contributed by atoms with E-state index in [-0.39, 0.29) is 5.69 Å². The molecule has 0 spiro atoms. The summed E-state index contributed by atoms with van der Waals surface area (Å²) < 4.78 is 1.07. The molecule has 13 heavy (non-hydrogen) atoms. The molecule has 0 aliphatic carbocycles. The van der Waals surface area contributed by atoms with Gasteiger partial charge in [0, 0.05) is 14.5 Å². The van der Waals surface area contributed by atoms with Gasteiger partial charge in [0.25, 0.3) is 0 Å². The molecule has 0 amide bonds. The lowest BCUT2D eigenvalue weighted by Crippen LogP contribution is -2.22. The van der Waals surface area contributed by atoms with Crippen molar-refractivity contribution < 1.29 is 9.90 Å². The first-order chi connectivity index (χ1) is 6.16. The molecule has 3 nitrogen and oxygen atoms in total. The Kier molecular flexibility index (Phi) is 1.99. The molecule has 4 heteroatoms. The number of nitrogens with one attached hydrogen (secondary N) is 1. The molecule has 2 rings (SSSR count). The molecule has 0 bridgehead atoms. The molecule has 0 saturated carbocycles. The first kappa shape index (κ1) is 8.55. The van der Waals surface area contributed by atoms with E-state index in [1.165, 1.54) is 0 Å². The van der Waals surface area contributed by atoms with E-state index in [0.29, 0.717) is 0 Å². The number of carboxylic acids is 1. The van der Waals surface area contributed by atoms with E-state index in [1.54, 1.807) is 6.07 Å². The van der Waals surface area contributed by atoms with Gasteiger partial charge in [-0.3, -0.25) is 0 Å². The number of carbonyl (C=O) groups is 1. The van der Waals surface area contributed by atoms with Crippen molar-refractivity contribution >= 4 is 39.5 Å². The maximum atomic E-state index is 10.5. The summed E-state index contributed by atoms with van der Waals surface area (Å²) in [6.45, 7) is 0. The van der Waals surface area contributed by atoms with Crippen molar-refractivity contribution in [3.8, 4) is 0 Å². The van der Waals surface area contributed by atoms with Gasteiger partial charge in [-0.05, 0) is 40.8 Å². The maximum absolute atomic E-state index is 10.5. The highest BCUT2D eigenvalue weighted by atomic mass is 127. The second kappa shape index (κ2) is 3.02. The van der Waals surface area contributed by atoms with E-state index >= 15 is 0 Å². The van der Waals surface area contributed by atoms with Gasteiger partial charge in [0.15, 0.2) is 0 Å². The van der Waals surface area contributed by atoms with Crippen molar-refractivity contribution in [2.24, 2.45) is 0 Å². The summed E-state index contributed by atoms with van der Waals surface area (Å²) >= 11 is 2.17. The van der Waals surface area contributed by atoms with Crippen LogP contribution in [0, 0.1) is 3.57 Å². The zero-order valence-corrected chi connectivity index (χ0v) is 8.66. The van der Waals surface area contributed by atoms with Gasteiger partial charge >= 0.3 is 0 Å².